The molecule has 10 nitrogen and oxygen atoms in total. The summed E-state index contributed by atoms with van der Waals surface area (Å²) in [6, 6.07) is 3.80. The lowest BCUT2D eigenvalue weighted by atomic mass is 9.60. The van der Waals surface area contributed by atoms with Crippen molar-refractivity contribution in [3.8, 4) is 11.5 Å². The summed E-state index contributed by atoms with van der Waals surface area (Å²) in [5, 5.41) is 57.6. The van der Waals surface area contributed by atoms with E-state index in [1.165, 1.54) is 13.0 Å². The molecule has 2 aromatic rings. The Morgan fingerprint density at radius 3 is 2.00 bits per heavy atom. The summed E-state index contributed by atoms with van der Waals surface area (Å²) >= 11 is 0. The average Bonchev–Trinajstić information content (AvgIpc) is 3.57. The van der Waals surface area contributed by atoms with Crippen molar-refractivity contribution in [2.24, 2.45) is 34.5 Å². The van der Waals surface area contributed by atoms with Gasteiger partial charge in [-0.1, -0.05) is 41.5 Å². The van der Waals surface area contributed by atoms with Crippen molar-refractivity contribution in [1.29, 1.82) is 0 Å². The molecule has 2 fully saturated rings. The van der Waals surface area contributed by atoms with Gasteiger partial charge in [-0.05, 0) is 127 Å². The van der Waals surface area contributed by atoms with Gasteiger partial charge >= 0.3 is 5.97 Å². The molecule has 0 spiro atoms. The number of hydrogen-bond donors (Lipinski definition) is 5. The molecule has 3 aliphatic rings. The summed E-state index contributed by atoms with van der Waals surface area (Å²) in [6.07, 6.45) is 0.687. The van der Waals surface area contributed by atoms with Crippen LogP contribution in [-0.2, 0) is 14.3 Å². The minimum Gasteiger partial charge on any atom is -0.507 e. The maximum atomic E-state index is 13.4. The summed E-state index contributed by atoms with van der Waals surface area (Å²) < 4.78 is 5.52. The maximum absolute atomic E-state index is 13.4. The van der Waals surface area contributed by atoms with Crippen LogP contribution in [0.3, 0.4) is 0 Å². The van der Waals surface area contributed by atoms with Crippen LogP contribution in [0.4, 0.5) is 0 Å². The Morgan fingerprint density at radius 2 is 1.42 bits per heavy atom. The molecule has 5 rings (SSSR count). The highest BCUT2D eigenvalue weighted by Crippen LogP contribution is 2.63. The van der Waals surface area contributed by atoms with E-state index < -0.39 is 69.1 Å². The van der Waals surface area contributed by atoms with Crippen molar-refractivity contribution in [3.63, 3.8) is 0 Å². The van der Waals surface area contributed by atoms with Crippen LogP contribution in [0.25, 0.3) is 11.8 Å². The summed E-state index contributed by atoms with van der Waals surface area (Å²) in [5.74, 6) is -2.60. The summed E-state index contributed by atoms with van der Waals surface area (Å²) in [7, 11) is 0. The van der Waals surface area contributed by atoms with Gasteiger partial charge in [0.1, 0.15) is 11.9 Å². The molecule has 1 unspecified atom stereocenters. The van der Waals surface area contributed by atoms with Crippen LogP contribution in [0.5, 0.6) is 11.5 Å². The molecule has 0 amide bonds. The average molecular weight is 719 g/mol. The highest BCUT2D eigenvalue weighted by molar-refractivity contribution is 5.79. The molecular formula is C42H54O10. The number of aliphatic hydroxyl groups is 3. The fraction of sp³-hybridized carbons (Fsp3) is 0.571. The van der Waals surface area contributed by atoms with Gasteiger partial charge in [0.25, 0.3) is 0 Å². The zero-order chi connectivity index (χ0) is 38.8. The Balaban J connectivity index is 1.80. The zero-order valence-electron chi connectivity index (χ0n) is 31.7. The molecule has 282 valence electrons. The number of carbonyl (C=O) groups is 2. The molecule has 3 aliphatic carbocycles. The third-order valence-corrected chi connectivity index (χ3v) is 13.1. The SMILES string of the molecule is CC(=O)O[C@@H](C=O)[C@]1(C)CC[C@H](C(C)C)[C@@H]1c1cc(/C(O)=C/c2cc(=O)c(O)c(C)c3c2[C@@H](O)[C@H](O)[C@]2(C)CC[C@H](C(C)C)C32)cc(=O)c(O)c1C. The van der Waals surface area contributed by atoms with Crippen LogP contribution >= 0.6 is 0 Å². The Labute approximate surface area is 305 Å². The van der Waals surface area contributed by atoms with Crippen molar-refractivity contribution in [3.05, 3.63) is 77.6 Å². The molecule has 0 saturated heterocycles. The van der Waals surface area contributed by atoms with Crippen LogP contribution in [-0.4, -0.2) is 50.0 Å². The Kier molecular flexibility index (Phi) is 10.6. The fourth-order valence-electron chi connectivity index (χ4n) is 10.2. The predicted octanol–water partition coefficient (Wildman–Crippen LogP) is 6.34. The number of aromatic hydroxyl groups is 2. The molecule has 0 heterocycles. The Morgan fingerprint density at radius 1 is 0.865 bits per heavy atom. The van der Waals surface area contributed by atoms with E-state index in [4.69, 9.17) is 4.74 Å². The van der Waals surface area contributed by atoms with Crippen LogP contribution in [0.15, 0.2) is 27.8 Å². The van der Waals surface area contributed by atoms with E-state index in [-0.39, 0.29) is 51.8 Å². The summed E-state index contributed by atoms with van der Waals surface area (Å²) in [5.41, 5.74) is -1.25. The van der Waals surface area contributed by atoms with Gasteiger partial charge in [-0.3, -0.25) is 19.2 Å². The normalized spacial score (nSPS) is 30.6. The second-order valence-electron chi connectivity index (χ2n) is 16.7. The van der Waals surface area contributed by atoms with E-state index in [9.17, 15) is 44.7 Å². The largest absolute Gasteiger partial charge is 0.507 e. The number of aliphatic hydroxyl groups excluding tert-OH is 3. The molecule has 2 saturated carbocycles. The fourth-order valence-corrected chi connectivity index (χ4v) is 10.2. The van der Waals surface area contributed by atoms with Gasteiger partial charge in [0, 0.05) is 29.4 Å². The molecule has 10 heteroatoms. The smallest absolute Gasteiger partial charge is 0.303 e. The number of esters is 1. The summed E-state index contributed by atoms with van der Waals surface area (Å²) in [6.45, 7) is 16.5. The number of rotatable bonds is 8. The van der Waals surface area contributed by atoms with E-state index in [1.807, 2.05) is 27.7 Å². The first kappa shape index (κ1) is 39.2. The number of carbonyl (C=O) groups excluding carboxylic acids is 2. The monoisotopic (exact) mass is 718 g/mol. The molecule has 0 bridgehead atoms. The Hall–Kier alpha value is -4.02. The van der Waals surface area contributed by atoms with Crippen molar-refractivity contribution in [2.45, 2.75) is 118 Å². The molecule has 52 heavy (non-hydrogen) atoms. The maximum Gasteiger partial charge on any atom is 0.303 e. The number of aldehydes is 1. The molecule has 2 aromatic carbocycles. The second kappa shape index (κ2) is 14.1. The van der Waals surface area contributed by atoms with Gasteiger partial charge in [-0.25, -0.2) is 0 Å². The lowest BCUT2D eigenvalue weighted by molar-refractivity contribution is -0.157. The minimum absolute atomic E-state index is 0.000513. The molecule has 0 radical (unpaired) electrons. The van der Waals surface area contributed by atoms with Gasteiger partial charge in [0.2, 0.25) is 10.9 Å². The molecule has 5 N–H and O–H groups in total. The second-order valence-corrected chi connectivity index (χ2v) is 16.7. The molecule has 0 aromatic heterocycles. The van der Waals surface area contributed by atoms with E-state index in [1.54, 1.807) is 19.9 Å². The van der Waals surface area contributed by atoms with Crippen molar-refractivity contribution >= 4 is 24.1 Å². The van der Waals surface area contributed by atoms with Crippen LogP contribution in [0, 0.1) is 48.3 Å². The van der Waals surface area contributed by atoms with E-state index in [0.717, 1.165) is 18.6 Å². The van der Waals surface area contributed by atoms with Crippen LogP contribution in [0.1, 0.15) is 131 Å². The Bertz CT molecular complexity index is 1930. The first-order valence-corrected chi connectivity index (χ1v) is 18.4. The highest BCUT2D eigenvalue weighted by Gasteiger charge is 2.58. The first-order valence-electron chi connectivity index (χ1n) is 18.4. The quantitative estimate of drug-likeness (QED) is 0.118. The lowest BCUT2D eigenvalue weighted by Crippen LogP contribution is -2.45. The first-order chi connectivity index (χ1) is 24.2. The topological polar surface area (TPSA) is 179 Å². The standard InChI is InChI=1S/C42H54O10/c1-19(2)26-10-12-41(8,32(18-43)52-23(7)44)35(26)28-14-24(15-30(46)37(48)21(28)5)29(45)16-25-17-31(47)38(49)22(6)33-34(25)39(50)40(51)42(9)13-11-27(20(3)4)36(33)42/h14-20,26-27,32,35-36,39-40,45,50-51H,10-13H2,1-9H3,(H,46,48)(H,47,49)/b29-16-/t26-,27-,32+,35-,36?,39-,40+,41+,42-/m1/s1. The van der Waals surface area contributed by atoms with Crippen LogP contribution in [0.2, 0.25) is 0 Å². The van der Waals surface area contributed by atoms with Gasteiger partial charge in [0.05, 0.1) is 6.10 Å². The van der Waals surface area contributed by atoms with Crippen LogP contribution < -0.4 is 10.9 Å². The number of fused-ring (bicyclic) bond motifs is 3. The summed E-state index contributed by atoms with van der Waals surface area (Å²) in [4.78, 5) is 51.4. The number of ether oxygens (including phenoxy) is 1. The molecule has 9 atom stereocenters. The van der Waals surface area contributed by atoms with Gasteiger partial charge in [-0.15, -0.1) is 0 Å². The van der Waals surface area contributed by atoms with Crippen molar-refractivity contribution < 1.29 is 39.9 Å². The van der Waals surface area contributed by atoms with E-state index in [0.29, 0.717) is 42.2 Å². The van der Waals surface area contributed by atoms with E-state index in [2.05, 4.69) is 13.8 Å². The van der Waals surface area contributed by atoms with Crippen molar-refractivity contribution in [2.75, 3.05) is 0 Å². The number of hydrogen-bond acceptors (Lipinski definition) is 10. The zero-order valence-corrected chi connectivity index (χ0v) is 31.7. The highest BCUT2D eigenvalue weighted by atomic mass is 16.5. The van der Waals surface area contributed by atoms with Gasteiger partial charge < -0.3 is 30.3 Å². The van der Waals surface area contributed by atoms with Crippen molar-refractivity contribution in [1.82, 2.24) is 0 Å². The van der Waals surface area contributed by atoms with E-state index >= 15 is 0 Å². The minimum atomic E-state index is -1.46. The predicted molar refractivity (Wildman–Crippen MR) is 198 cm³/mol. The van der Waals surface area contributed by atoms with Gasteiger partial charge in [-0.2, -0.15) is 0 Å². The molecular weight excluding hydrogens is 664 g/mol. The van der Waals surface area contributed by atoms with Gasteiger partial charge in [0.15, 0.2) is 23.9 Å². The third-order valence-electron chi connectivity index (χ3n) is 13.1. The third kappa shape index (κ3) is 6.25. The molecule has 0 aliphatic heterocycles. The lowest BCUT2D eigenvalue weighted by Gasteiger charge is -2.47.